The van der Waals surface area contributed by atoms with E-state index in [1.54, 1.807) is 10.9 Å². The Hall–Kier alpha value is -2.95. The fourth-order valence-corrected chi connectivity index (χ4v) is 4.72. The van der Waals surface area contributed by atoms with Crippen molar-refractivity contribution in [2.45, 2.75) is 43.8 Å². The summed E-state index contributed by atoms with van der Waals surface area (Å²) in [6.07, 6.45) is 5.62. The highest BCUT2D eigenvalue weighted by Crippen LogP contribution is 2.35. The Morgan fingerprint density at radius 3 is 2.76 bits per heavy atom. The van der Waals surface area contributed by atoms with Gasteiger partial charge in [-0.3, -0.25) is 4.68 Å². The second-order valence-electron chi connectivity index (χ2n) is 8.58. The molecule has 0 atom stereocenters. The Balaban J connectivity index is 1.41. The fourth-order valence-electron chi connectivity index (χ4n) is 4.21. The molecule has 33 heavy (non-hydrogen) atoms. The fraction of sp³-hybridized carbons (Fsp3) is 0.391. The first-order valence-corrected chi connectivity index (χ1v) is 12.5. The Bertz CT molecular complexity index is 1250. The number of rotatable bonds is 9. The quantitative estimate of drug-likeness (QED) is 0.362. The van der Waals surface area contributed by atoms with E-state index in [-0.39, 0.29) is 5.03 Å². The largest absolute Gasteiger partial charge is 0.478 e. The highest BCUT2D eigenvalue weighted by atomic mass is 32.2. The van der Waals surface area contributed by atoms with Gasteiger partial charge in [0.15, 0.2) is 5.03 Å². The zero-order valence-corrected chi connectivity index (χ0v) is 19.8. The van der Waals surface area contributed by atoms with E-state index < -0.39 is 10.0 Å². The number of benzene rings is 1. The first-order valence-electron chi connectivity index (χ1n) is 11.0. The maximum atomic E-state index is 11.7. The van der Waals surface area contributed by atoms with E-state index in [1.165, 1.54) is 17.2 Å². The Labute approximate surface area is 194 Å². The normalized spacial score (nSPS) is 13.5. The summed E-state index contributed by atoms with van der Waals surface area (Å²) in [6.45, 7) is 1.45. The van der Waals surface area contributed by atoms with Crippen molar-refractivity contribution in [3.63, 3.8) is 0 Å². The van der Waals surface area contributed by atoms with Crippen LogP contribution in [0.5, 0.6) is 5.88 Å². The average molecular weight is 471 g/mol. The van der Waals surface area contributed by atoms with Crippen LogP contribution in [0, 0.1) is 0 Å². The van der Waals surface area contributed by atoms with Gasteiger partial charge in [0.25, 0.3) is 10.0 Å². The van der Waals surface area contributed by atoms with Gasteiger partial charge in [0, 0.05) is 49.1 Å². The summed E-state index contributed by atoms with van der Waals surface area (Å²) in [5.41, 5.74) is 12.7. The zero-order valence-electron chi connectivity index (χ0n) is 19.0. The van der Waals surface area contributed by atoms with Gasteiger partial charge >= 0.3 is 0 Å². The average Bonchev–Trinajstić information content (AvgIpc) is 3.39. The SMILES string of the molecule is CN(C)Cc1cc(S(N)(=O)=O)nn1CCCOc1cc(-c2ccc3c(c2N)CCC3)ccn1. The molecule has 0 saturated heterocycles. The third-order valence-corrected chi connectivity index (χ3v) is 6.53. The predicted octanol–water partition coefficient (Wildman–Crippen LogP) is 2.19. The van der Waals surface area contributed by atoms with E-state index in [4.69, 9.17) is 15.6 Å². The summed E-state index contributed by atoms with van der Waals surface area (Å²) >= 11 is 0. The number of fused-ring (bicyclic) bond motifs is 1. The van der Waals surface area contributed by atoms with E-state index in [0.29, 0.717) is 32.0 Å². The van der Waals surface area contributed by atoms with Crippen molar-refractivity contribution in [1.82, 2.24) is 19.7 Å². The summed E-state index contributed by atoms with van der Waals surface area (Å²) in [5, 5.41) is 9.28. The molecule has 0 unspecified atom stereocenters. The van der Waals surface area contributed by atoms with Crippen LogP contribution < -0.4 is 15.6 Å². The van der Waals surface area contributed by atoms with E-state index in [0.717, 1.165) is 41.8 Å². The van der Waals surface area contributed by atoms with Crippen molar-refractivity contribution in [2.24, 2.45) is 5.14 Å². The number of hydrogen-bond donors (Lipinski definition) is 2. The minimum absolute atomic E-state index is 0.124. The number of anilines is 1. The lowest BCUT2D eigenvalue weighted by atomic mass is 9.98. The van der Waals surface area contributed by atoms with Crippen molar-refractivity contribution in [1.29, 1.82) is 0 Å². The van der Waals surface area contributed by atoms with Crippen LogP contribution in [-0.2, 0) is 36.0 Å². The summed E-state index contributed by atoms with van der Waals surface area (Å²) in [6, 6.07) is 9.59. The van der Waals surface area contributed by atoms with Crippen molar-refractivity contribution < 1.29 is 13.2 Å². The van der Waals surface area contributed by atoms with E-state index in [2.05, 4.69) is 22.2 Å². The number of aryl methyl sites for hydroxylation is 2. The van der Waals surface area contributed by atoms with Crippen LogP contribution in [0.4, 0.5) is 5.69 Å². The number of nitrogens with two attached hydrogens (primary N) is 2. The highest BCUT2D eigenvalue weighted by molar-refractivity contribution is 7.89. The number of nitrogens with zero attached hydrogens (tertiary/aromatic N) is 4. The summed E-state index contributed by atoms with van der Waals surface area (Å²) < 4.78 is 30.9. The van der Waals surface area contributed by atoms with Crippen LogP contribution in [0.15, 0.2) is 41.6 Å². The van der Waals surface area contributed by atoms with Gasteiger partial charge in [-0.05, 0) is 56.1 Å². The lowest BCUT2D eigenvalue weighted by molar-refractivity contribution is 0.284. The van der Waals surface area contributed by atoms with Crippen molar-refractivity contribution in [3.05, 3.63) is 53.3 Å². The third-order valence-electron chi connectivity index (χ3n) is 5.75. The molecular weight excluding hydrogens is 440 g/mol. The molecule has 1 aromatic carbocycles. The molecule has 2 heterocycles. The summed E-state index contributed by atoms with van der Waals surface area (Å²) in [5.74, 6) is 0.520. The molecule has 0 aliphatic heterocycles. The molecule has 0 radical (unpaired) electrons. The molecular formula is C23H30N6O3S. The lowest BCUT2D eigenvalue weighted by Gasteiger charge is -2.13. The minimum Gasteiger partial charge on any atom is -0.478 e. The van der Waals surface area contributed by atoms with E-state index in [1.807, 2.05) is 31.1 Å². The minimum atomic E-state index is -3.85. The lowest BCUT2D eigenvalue weighted by Crippen LogP contribution is -2.16. The monoisotopic (exact) mass is 470 g/mol. The molecule has 4 rings (SSSR count). The van der Waals surface area contributed by atoms with Gasteiger partial charge in [0.1, 0.15) is 0 Å². The Morgan fingerprint density at radius 2 is 2.00 bits per heavy atom. The number of primary sulfonamides is 1. The number of nitrogen functional groups attached to an aromatic ring is 1. The summed E-state index contributed by atoms with van der Waals surface area (Å²) in [4.78, 5) is 6.26. The molecule has 0 spiro atoms. The van der Waals surface area contributed by atoms with Crippen LogP contribution in [0.3, 0.4) is 0 Å². The molecule has 0 amide bonds. The smallest absolute Gasteiger partial charge is 0.257 e. The standard InChI is InChI=1S/C23H30N6O3S/c1-28(2)15-18-14-22(33(25,30)31)27-29(18)11-4-12-32-21-13-17(9-10-26-21)20-8-7-16-5-3-6-19(16)23(20)24/h7-10,13-14H,3-6,11-12,15,24H2,1-2H3,(H2,25,30,31). The van der Waals surface area contributed by atoms with Crippen molar-refractivity contribution >= 4 is 15.7 Å². The van der Waals surface area contributed by atoms with Gasteiger partial charge < -0.3 is 15.4 Å². The van der Waals surface area contributed by atoms with Crippen molar-refractivity contribution in [3.8, 4) is 17.0 Å². The molecule has 4 N–H and O–H groups in total. The molecule has 1 aliphatic rings. The number of sulfonamides is 1. The van der Waals surface area contributed by atoms with Crippen LogP contribution >= 0.6 is 0 Å². The van der Waals surface area contributed by atoms with Gasteiger partial charge in [-0.2, -0.15) is 5.10 Å². The van der Waals surface area contributed by atoms with E-state index >= 15 is 0 Å². The van der Waals surface area contributed by atoms with Crippen LogP contribution in [0.2, 0.25) is 0 Å². The second-order valence-corrected chi connectivity index (χ2v) is 10.1. The molecule has 1 aliphatic carbocycles. The van der Waals surface area contributed by atoms with Crippen LogP contribution in [-0.4, -0.2) is 48.8 Å². The van der Waals surface area contributed by atoms with Gasteiger partial charge in [-0.25, -0.2) is 18.5 Å². The number of pyridine rings is 1. The number of aromatic nitrogens is 3. The Kier molecular flexibility index (Phi) is 6.68. The summed E-state index contributed by atoms with van der Waals surface area (Å²) in [7, 11) is -0.0420. The van der Waals surface area contributed by atoms with Gasteiger partial charge in [0.05, 0.1) is 12.3 Å². The molecule has 0 fully saturated rings. The maximum absolute atomic E-state index is 11.7. The first-order chi connectivity index (χ1) is 15.7. The number of hydrogen-bond acceptors (Lipinski definition) is 7. The van der Waals surface area contributed by atoms with E-state index in [9.17, 15) is 8.42 Å². The highest BCUT2D eigenvalue weighted by Gasteiger charge is 2.18. The molecule has 10 heteroatoms. The number of ether oxygens (including phenoxy) is 1. The second kappa shape index (κ2) is 9.50. The van der Waals surface area contributed by atoms with Gasteiger partial charge in [-0.15, -0.1) is 0 Å². The molecule has 0 saturated carbocycles. The molecule has 3 aromatic rings. The van der Waals surface area contributed by atoms with Crippen molar-refractivity contribution in [2.75, 3.05) is 26.4 Å². The molecule has 0 bridgehead atoms. The van der Waals surface area contributed by atoms with Crippen LogP contribution in [0.1, 0.15) is 29.7 Å². The predicted molar refractivity (Wildman–Crippen MR) is 127 cm³/mol. The Morgan fingerprint density at radius 1 is 1.18 bits per heavy atom. The topological polar surface area (TPSA) is 129 Å². The molecule has 9 nitrogen and oxygen atoms in total. The van der Waals surface area contributed by atoms with Gasteiger partial charge in [0.2, 0.25) is 5.88 Å². The maximum Gasteiger partial charge on any atom is 0.257 e. The molecule has 2 aromatic heterocycles. The third kappa shape index (κ3) is 5.35. The van der Waals surface area contributed by atoms with Gasteiger partial charge in [-0.1, -0.05) is 12.1 Å². The zero-order chi connectivity index (χ0) is 23.6. The molecule has 176 valence electrons. The first kappa shape index (κ1) is 23.2. The van der Waals surface area contributed by atoms with Crippen LogP contribution in [0.25, 0.3) is 11.1 Å².